The van der Waals surface area contributed by atoms with Gasteiger partial charge in [-0.3, -0.25) is 9.59 Å². The first-order valence-electron chi connectivity index (χ1n) is 6.38. The molecule has 1 aliphatic carbocycles. The van der Waals surface area contributed by atoms with E-state index in [1.807, 2.05) is 0 Å². The molecule has 1 aromatic heterocycles. The van der Waals surface area contributed by atoms with Crippen molar-refractivity contribution in [3.05, 3.63) is 23.5 Å². The molecule has 2 aromatic rings. The minimum atomic E-state index is -1.02. The zero-order chi connectivity index (χ0) is 14.7. The van der Waals surface area contributed by atoms with Crippen LogP contribution in [-0.2, 0) is 9.47 Å². The fraction of sp³-hybridized carbons (Fsp3) is 0.286. The molecule has 7 nitrogen and oxygen atoms in total. The number of hydrogen-bond acceptors (Lipinski definition) is 7. The van der Waals surface area contributed by atoms with Crippen molar-refractivity contribution < 1.29 is 33.7 Å². The van der Waals surface area contributed by atoms with Crippen LogP contribution in [0.2, 0.25) is 0 Å². The number of aromatic hydroxyl groups is 2. The smallest absolute Gasteiger partial charge is 0.230 e. The van der Waals surface area contributed by atoms with Crippen molar-refractivity contribution in [3.8, 4) is 11.5 Å². The summed E-state index contributed by atoms with van der Waals surface area (Å²) in [5, 5.41) is 19.5. The molecule has 1 saturated heterocycles. The normalized spacial score (nSPS) is 25.0. The molecule has 4 rings (SSSR count). The van der Waals surface area contributed by atoms with Crippen LogP contribution in [0.1, 0.15) is 20.9 Å². The second-order valence-corrected chi connectivity index (χ2v) is 4.96. The lowest BCUT2D eigenvalue weighted by molar-refractivity contribution is -0.107. The standard InChI is InChI=1S/C14H10O7/c15-5-3-6(16)8-7(4-5)21-12-9(8)10(17)13-14(11(12)18)20-2-1-19-13/h3-4,13-16H,1-2H2. The number of ether oxygens (including phenoxy) is 2. The van der Waals surface area contributed by atoms with E-state index in [1.165, 1.54) is 6.07 Å². The second-order valence-electron chi connectivity index (χ2n) is 4.96. The number of phenolic OH excluding ortho intramolecular Hbond substituents is 2. The number of rotatable bonds is 0. The van der Waals surface area contributed by atoms with Gasteiger partial charge in [0, 0.05) is 12.1 Å². The van der Waals surface area contributed by atoms with Crippen LogP contribution in [0.5, 0.6) is 11.5 Å². The van der Waals surface area contributed by atoms with Crippen LogP contribution in [-0.4, -0.2) is 47.2 Å². The van der Waals surface area contributed by atoms with Crippen molar-refractivity contribution >= 4 is 22.5 Å². The Hall–Kier alpha value is -2.38. The third kappa shape index (κ3) is 1.55. The maximum atomic E-state index is 12.5. The molecule has 0 bridgehead atoms. The Morgan fingerprint density at radius 1 is 1.00 bits per heavy atom. The number of Topliss-reactive ketones (excluding diaryl/α,β-unsaturated/α-hetero) is 2. The minimum Gasteiger partial charge on any atom is -0.508 e. The van der Waals surface area contributed by atoms with Crippen molar-refractivity contribution in [1.82, 2.24) is 0 Å². The van der Waals surface area contributed by atoms with E-state index in [1.54, 1.807) is 0 Å². The van der Waals surface area contributed by atoms with Crippen LogP contribution in [0.3, 0.4) is 0 Å². The Morgan fingerprint density at radius 3 is 2.38 bits per heavy atom. The molecule has 2 N–H and O–H groups in total. The molecule has 2 atom stereocenters. The lowest BCUT2D eigenvalue weighted by Gasteiger charge is -2.32. The first kappa shape index (κ1) is 12.4. The number of fused-ring (bicyclic) bond motifs is 4. The first-order valence-corrected chi connectivity index (χ1v) is 6.38. The molecule has 21 heavy (non-hydrogen) atoms. The fourth-order valence-corrected chi connectivity index (χ4v) is 2.82. The van der Waals surface area contributed by atoms with Gasteiger partial charge in [-0.1, -0.05) is 0 Å². The summed E-state index contributed by atoms with van der Waals surface area (Å²) in [6.45, 7) is 0.444. The summed E-state index contributed by atoms with van der Waals surface area (Å²) >= 11 is 0. The van der Waals surface area contributed by atoms with Crippen LogP contribution in [0.25, 0.3) is 11.0 Å². The number of ketones is 2. The summed E-state index contributed by atoms with van der Waals surface area (Å²) in [7, 11) is 0. The highest BCUT2D eigenvalue weighted by Gasteiger charge is 2.48. The van der Waals surface area contributed by atoms with Gasteiger partial charge in [-0.15, -0.1) is 0 Å². The fourth-order valence-electron chi connectivity index (χ4n) is 2.82. The monoisotopic (exact) mass is 290 g/mol. The maximum Gasteiger partial charge on any atom is 0.230 e. The average molecular weight is 290 g/mol. The van der Waals surface area contributed by atoms with E-state index in [9.17, 15) is 19.8 Å². The lowest BCUT2D eigenvalue weighted by atomic mass is 9.88. The van der Waals surface area contributed by atoms with Crippen LogP contribution in [0.4, 0.5) is 0 Å². The van der Waals surface area contributed by atoms with Crippen LogP contribution >= 0.6 is 0 Å². The SMILES string of the molecule is O=C1c2oc3cc(O)cc(O)c3c2C(=O)C2OCCOC12. The second kappa shape index (κ2) is 4.06. The molecular formula is C14H10O7. The molecule has 108 valence electrons. The van der Waals surface area contributed by atoms with E-state index >= 15 is 0 Å². The third-order valence-corrected chi connectivity index (χ3v) is 3.70. The quantitative estimate of drug-likeness (QED) is 0.745. The molecule has 2 aliphatic rings. The van der Waals surface area contributed by atoms with E-state index in [4.69, 9.17) is 13.9 Å². The van der Waals surface area contributed by atoms with Crippen molar-refractivity contribution in [3.63, 3.8) is 0 Å². The highest BCUT2D eigenvalue weighted by atomic mass is 16.6. The summed E-state index contributed by atoms with van der Waals surface area (Å²) in [5.74, 6) is -1.68. The Kier molecular flexibility index (Phi) is 2.39. The number of phenols is 2. The molecule has 2 unspecified atom stereocenters. The van der Waals surface area contributed by atoms with E-state index in [0.717, 1.165) is 6.07 Å². The molecule has 1 aromatic carbocycles. The van der Waals surface area contributed by atoms with Gasteiger partial charge in [-0.2, -0.15) is 0 Å². The summed E-state index contributed by atoms with van der Waals surface area (Å²) in [4.78, 5) is 24.9. The highest BCUT2D eigenvalue weighted by molar-refractivity contribution is 6.23. The number of furan rings is 1. The summed E-state index contributed by atoms with van der Waals surface area (Å²) < 4.78 is 16.0. The van der Waals surface area contributed by atoms with Gasteiger partial charge in [-0.05, 0) is 0 Å². The van der Waals surface area contributed by atoms with Crippen molar-refractivity contribution in [2.45, 2.75) is 12.2 Å². The van der Waals surface area contributed by atoms with Gasteiger partial charge in [0.05, 0.1) is 24.2 Å². The number of carbonyl (C=O) groups excluding carboxylic acids is 2. The average Bonchev–Trinajstić information content (AvgIpc) is 2.84. The summed E-state index contributed by atoms with van der Waals surface area (Å²) in [6, 6.07) is 2.32. The van der Waals surface area contributed by atoms with Gasteiger partial charge in [-0.25, -0.2) is 0 Å². The van der Waals surface area contributed by atoms with E-state index in [0.29, 0.717) is 0 Å². The lowest BCUT2D eigenvalue weighted by Crippen LogP contribution is -2.51. The van der Waals surface area contributed by atoms with Gasteiger partial charge in [0.1, 0.15) is 17.1 Å². The minimum absolute atomic E-state index is 0.0146. The molecule has 0 amide bonds. The third-order valence-electron chi connectivity index (χ3n) is 3.70. The number of hydrogen-bond donors (Lipinski definition) is 2. The topological polar surface area (TPSA) is 106 Å². The predicted molar refractivity (Wildman–Crippen MR) is 67.7 cm³/mol. The van der Waals surface area contributed by atoms with Crippen molar-refractivity contribution in [1.29, 1.82) is 0 Å². The summed E-state index contributed by atoms with van der Waals surface area (Å²) in [5.41, 5.74) is 0.0529. The maximum absolute atomic E-state index is 12.5. The van der Waals surface area contributed by atoms with Gasteiger partial charge < -0.3 is 24.1 Å². The Balaban J connectivity index is 2.02. The van der Waals surface area contributed by atoms with Crippen LogP contribution in [0, 0.1) is 0 Å². The van der Waals surface area contributed by atoms with Crippen molar-refractivity contribution in [2.75, 3.05) is 13.2 Å². The molecule has 1 fully saturated rings. The van der Waals surface area contributed by atoms with Gasteiger partial charge in [0.25, 0.3) is 0 Å². The summed E-state index contributed by atoms with van der Waals surface area (Å²) in [6.07, 6.45) is -2.04. The molecule has 1 aliphatic heterocycles. The molecule has 0 radical (unpaired) electrons. The zero-order valence-corrected chi connectivity index (χ0v) is 10.7. The molecule has 7 heteroatoms. The Labute approximate surface area is 117 Å². The van der Waals surface area contributed by atoms with Gasteiger partial charge >= 0.3 is 0 Å². The first-order chi connectivity index (χ1) is 10.1. The van der Waals surface area contributed by atoms with E-state index < -0.39 is 23.8 Å². The molecule has 0 spiro atoms. The molecule has 2 heterocycles. The van der Waals surface area contributed by atoms with Crippen molar-refractivity contribution in [2.24, 2.45) is 0 Å². The van der Waals surface area contributed by atoms with Crippen LogP contribution < -0.4 is 0 Å². The number of carbonyl (C=O) groups is 2. The van der Waals surface area contributed by atoms with E-state index in [2.05, 4.69) is 0 Å². The number of benzene rings is 1. The van der Waals surface area contributed by atoms with E-state index in [-0.39, 0.29) is 47.0 Å². The molecular weight excluding hydrogens is 280 g/mol. The molecule has 0 saturated carbocycles. The Morgan fingerprint density at radius 2 is 1.67 bits per heavy atom. The largest absolute Gasteiger partial charge is 0.508 e. The highest BCUT2D eigenvalue weighted by Crippen LogP contribution is 2.40. The van der Waals surface area contributed by atoms with Gasteiger partial charge in [0.15, 0.2) is 23.8 Å². The predicted octanol–water partition coefficient (Wildman–Crippen LogP) is 1.01. The Bertz CT molecular complexity index is 788. The van der Waals surface area contributed by atoms with Crippen LogP contribution in [0.15, 0.2) is 16.5 Å². The van der Waals surface area contributed by atoms with Gasteiger partial charge in [0.2, 0.25) is 5.78 Å². The zero-order valence-electron chi connectivity index (χ0n) is 10.7.